The van der Waals surface area contributed by atoms with Gasteiger partial charge in [-0.2, -0.15) is 5.10 Å². The minimum absolute atomic E-state index is 0.0759. The monoisotopic (exact) mass is 277 g/mol. The number of aromatic carboxylic acids is 1. The summed E-state index contributed by atoms with van der Waals surface area (Å²) < 4.78 is 0. The smallest absolute Gasteiger partial charge is 0.353 e. The van der Waals surface area contributed by atoms with E-state index in [9.17, 15) is 9.59 Å². The summed E-state index contributed by atoms with van der Waals surface area (Å²) in [6.07, 6.45) is 1.95. The third-order valence-corrected chi connectivity index (χ3v) is 3.15. The van der Waals surface area contributed by atoms with Crippen LogP contribution < -0.4 is 5.32 Å². The first kappa shape index (κ1) is 13.2. The van der Waals surface area contributed by atoms with E-state index < -0.39 is 5.97 Å². The van der Waals surface area contributed by atoms with Gasteiger partial charge in [-0.1, -0.05) is 0 Å². The number of anilines is 1. The number of carbonyl (C=O) groups excluding carboxylic acids is 1. The van der Waals surface area contributed by atoms with Crippen LogP contribution in [0.4, 0.5) is 5.82 Å². The summed E-state index contributed by atoms with van der Waals surface area (Å²) in [7, 11) is 0. The number of amides is 1. The molecule has 0 saturated heterocycles. The lowest BCUT2D eigenvalue weighted by atomic mass is 10.2. The average Bonchev–Trinajstić information content (AvgIpc) is 2.87. The van der Waals surface area contributed by atoms with Crippen LogP contribution in [-0.2, 0) is 0 Å². The average molecular weight is 277 g/mol. The summed E-state index contributed by atoms with van der Waals surface area (Å²) in [5, 5.41) is 17.2. The van der Waals surface area contributed by atoms with E-state index in [1.54, 1.807) is 23.9 Å². The summed E-state index contributed by atoms with van der Waals surface area (Å²) in [5.41, 5.74) is 0.408. The van der Waals surface area contributed by atoms with Crippen molar-refractivity contribution in [3.8, 4) is 0 Å². The number of hydrogen-bond donors (Lipinski definition) is 3. The Labute approximate surface area is 113 Å². The number of hydrogen-bond acceptors (Lipinski definition) is 4. The maximum atomic E-state index is 11.9. The van der Waals surface area contributed by atoms with Crippen LogP contribution in [0.3, 0.4) is 0 Å². The van der Waals surface area contributed by atoms with Crippen LogP contribution >= 0.6 is 11.8 Å². The Hall–Kier alpha value is -2.28. The van der Waals surface area contributed by atoms with E-state index in [1.165, 1.54) is 6.07 Å². The number of nitrogens with one attached hydrogen (secondary N) is 2. The van der Waals surface area contributed by atoms with Crippen molar-refractivity contribution < 1.29 is 14.7 Å². The fourth-order valence-corrected chi connectivity index (χ4v) is 1.83. The van der Waals surface area contributed by atoms with Crippen molar-refractivity contribution in [3.63, 3.8) is 0 Å². The van der Waals surface area contributed by atoms with Gasteiger partial charge in [0.1, 0.15) is 5.69 Å². The summed E-state index contributed by atoms with van der Waals surface area (Å²) in [6.45, 7) is 0. The van der Waals surface area contributed by atoms with Crippen LogP contribution in [0, 0.1) is 0 Å². The standard InChI is InChI=1S/C12H11N3O3S/c1-19-8-4-2-7(3-5-8)11(16)13-10-6-9(12(17)18)14-15-10/h2-6H,1H3,(H,17,18)(H2,13,14,15,16). The van der Waals surface area contributed by atoms with E-state index in [0.29, 0.717) is 5.56 Å². The minimum Gasteiger partial charge on any atom is -0.477 e. The summed E-state index contributed by atoms with van der Waals surface area (Å²) in [6, 6.07) is 8.34. The Morgan fingerprint density at radius 3 is 2.53 bits per heavy atom. The van der Waals surface area contributed by atoms with Crippen molar-refractivity contribution in [1.29, 1.82) is 0 Å². The lowest BCUT2D eigenvalue weighted by molar-refractivity contribution is 0.0690. The quantitative estimate of drug-likeness (QED) is 0.744. The summed E-state index contributed by atoms with van der Waals surface area (Å²) in [5.74, 6) is -1.29. The number of thioether (sulfide) groups is 1. The van der Waals surface area contributed by atoms with Crippen molar-refractivity contribution in [2.24, 2.45) is 0 Å². The molecule has 1 aromatic carbocycles. The molecule has 1 heterocycles. The first-order chi connectivity index (χ1) is 9.10. The van der Waals surface area contributed by atoms with Gasteiger partial charge in [-0.15, -0.1) is 11.8 Å². The van der Waals surface area contributed by atoms with Crippen LogP contribution in [0.2, 0.25) is 0 Å². The highest BCUT2D eigenvalue weighted by Crippen LogP contribution is 2.15. The third-order valence-electron chi connectivity index (χ3n) is 2.40. The number of aromatic nitrogens is 2. The molecule has 6 nitrogen and oxygen atoms in total. The summed E-state index contributed by atoms with van der Waals surface area (Å²) >= 11 is 1.59. The Balaban J connectivity index is 2.08. The lowest BCUT2D eigenvalue weighted by Crippen LogP contribution is -2.11. The number of rotatable bonds is 4. The normalized spacial score (nSPS) is 10.2. The van der Waals surface area contributed by atoms with Crippen molar-refractivity contribution in [1.82, 2.24) is 10.2 Å². The van der Waals surface area contributed by atoms with Gasteiger partial charge in [-0.3, -0.25) is 9.89 Å². The van der Waals surface area contributed by atoms with Crippen molar-refractivity contribution in [2.75, 3.05) is 11.6 Å². The van der Waals surface area contributed by atoms with E-state index in [2.05, 4.69) is 15.5 Å². The molecule has 0 radical (unpaired) electrons. The largest absolute Gasteiger partial charge is 0.477 e. The number of benzene rings is 1. The van der Waals surface area contributed by atoms with Gasteiger partial charge in [0.2, 0.25) is 0 Å². The van der Waals surface area contributed by atoms with E-state index in [-0.39, 0.29) is 17.4 Å². The molecule has 0 aliphatic rings. The molecule has 0 saturated carbocycles. The molecule has 7 heteroatoms. The molecule has 0 aliphatic heterocycles. The Morgan fingerprint density at radius 1 is 1.32 bits per heavy atom. The van der Waals surface area contributed by atoms with Gasteiger partial charge in [0.15, 0.2) is 5.82 Å². The van der Waals surface area contributed by atoms with Crippen molar-refractivity contribution >= 4 is 29.5 Å². The molecule has 0 spiro atoms. The number of aromatic amines is 1. The van der Waals surface area contributed by atoms with Gasteiger partial charge in [-0.05, 0) is 30.5 Å². The number of carboxylic acids is 1. The highest BCUT2D eigenvalue weighted by Gasteiger charge is 2.11. The fourth-order valence-electron chi connectivity index (χ4n) is 1.43. The molecule has 2 rings (SSSR count). The predicted molar refractivity (Wildman–Crippen MR) is 71.7 cm³/mol. The van der Waals surface area contributed by atoms with Gasteiger partial charge in [-0.25, -0.2) is 4.79 Å². The second kappa shape index (κ2) is 5.57. The zero-order chi connectivity index (χ0) is 13.8. The van der Waals surface area contributed by atoms with Crippen molar-refractivity contribution in [2.45, 2.75) is 4.90 Å². The van der Waals surface area contributed by atoms with Crippen LogP contribution in [-0.4, -0.2) is 33.4 Å². The second-order valence-electron chi connectivity index (χ2n) is 3.65. The predicted octanol–water partition coefficient (Wildman–Crippen LogP) is 2.08. The van der Waals surface area contributed by atoms with Crippen LogP contribution in [0.25, 0.3) is 0 Å². The van der Waals surface area contributed by atoms with E-state index >= 15 is 0 Å². The highest BCUT2D eigenvalue weighted by atomic mass is 32.2. The third kappa shape index (κ3) is 3.14. The maximum Gasteiger partial charge on any atom is 0.353 e. The molecule has 3 N–H and O–H groups in total. The van der Waals surface area contributed by atoms with E-state index in [0.717, 1.165) is 4.90 Å². The minimum atomic E-state index is -1.13. The summed E-state index contributed by atoms with van der Waals surface area (Å²) in [4.78, 5) is 23.6. The molecule has 98 valence electrons. The Bertz CT molecular complexity index is 607. The molecule has 19 heavy (non-hydrogen) atoms. The molecule has 0 atom stereocenters. The first-order valence-corrected chi connectivity index (χ1v) is 6.56. The van der Waals surface area contributed by atoms with Gasteiger partial charge >= 0.3 is 5.97 Å². The van der Waals surface area contributed by atoms with Gasteiger partial charge in [0.25, 0.3) is 5.91 Å². The van der Waals surface area contributed by atoms with Gasteiger partial charge < -0.3 is 10.4 Å². The molecule has 0 unspecified atom stereocenters. The zero-order valence-corrected chi connectivity index (χ0v) is 10.8. The molecule has 0 fully saturated rings. The topological polar surface area (TPSA) is 95.1 Å². The van der Waals surface area contributed by atoms with Crippen LogP contribution in [0.1, 0.15) is 20.8 Å². The van der Waals surface area contributed by atoms with Gasteiger partial charge in [0, 0.05) is 16.5 Å². The Morgan fingerprint density at radius 2 is 2.00 bits per heavy atom. The maximum absolute atomic E-state index is 11.9. The molecule has 1 amide bonds. The number of nitrogens with zero attached hydrogens (tertiary/aromatic N) is 1. The number of carbonyl (C=O) groups is 2. The highest BCUT2D eigenvalue weighted by molar-refractivity contribution is 7.98. The van der Waals surface area contributed by atoms with Gasteiger partial charge in [0.05, 0.1) is 0 Å². The number of carboxylic acid groups (broad SMARTS) is 1. The number of H-pyrrole nitrogens is 1. The molecule has 1 aromatic heterocycles. The van der Waals surface area contributed by atoms with E-state index in [4.69, 9.17) is 5.11 Å². The van der Waals surface area contributed by atoms with Crippen LogP contribution in [0.15, 0.2) is 35.2 Å². The lowest BCUT2D eigenvalue weighted by Gasteiger charge is -2.02. The fraction of sp³-hybridized carbons (Fsp3) is 0.0833. The SMILES string of the molecule is CSc1ccc(C(=O)Nc2cc(C(=O)O)[nH]n2)cc1. The van der Waals surface area contributed by atoms with Crippen molar-refractivity contribution in [3.05, 3.63) is 41.6 Å². The zero-order valence-electron chi connectivity index (χ0n) is 10.0. The molecule has 2 aromatic rings. The molecular formula is C12H11N3O3S. The first-order valence-electron chi connectivity index (χ1n) is 5.34. The molecule has 0 aliphatic carbocycles. The van der Waals surface area contributed by atoms with Crippen LogP contribution in [0.5, 0.6) is 0 Å². The second-order valence-corrected chi connectivity index (χ2v) is 4.53. The molecular weight excluding hydrogens is 266 g/mol. The molecule has 0 bridgehead atoms. The van der Waals surface area contributed by atoms with E-state index in [1.807, 2.05) is 18.4 Å². The Kier molecular flexibility index (Phi) is 3.86.